The van der Waals surface area contributed by atoms with Crippen molar-refractivity contribution in [3.63, 3.8) is 0 Å². The SMILES string of the molecule is CC(CS)CCOc1ccc(C#C[Si](C)(C)C)cc1. The molecule has 1 atom stereocenters. The molecule has 0 saturated carbocycles. The third-order valence-electron chi connectivity index (χ3n) is 2.63. The number of hydrogen-bond donors (Lipinski definition) is 1. The van der Waals surface area contributed by atoms with Crippen molar-refractivity contribution in [1.29, 1.82) is 0 Å². The standard InChI is InChI=1S/C16H24OSSi/c1-14(13-18)9-11-17-16-7-5-15(6-8-16)10-12-19(2,3)4/h5-8,14,18H,9,11,13H2,1-4H3. The molecule has 0 radical (unpaired) electrons. The molecule has 1 aromatic carbocycles. The molecule has 1 rings (SSSR count). The lowest BCUT2D eigenvalue weighted by Gasteiger charge is -2.09. The Morgan fingerprint density at radius 2 is 1.84 bits per heavy atom. The highest BCUT2D eigenvalue weighted by molar-refractivity contribution is 7.80. The maximum Gasteiger partial charge on any atom is 0.129 e. The van der Waals surface area contributed by atoms with E-state index in [-0.39, 0.29) is 0 Å². The van der Waals surface area contributed by atoms with Crippen LogP contribution in [0.3, 0.4) is 0 Å². The molecule has 1 unspecified atom stereocenters. The van der Waals surface area contributed by atoms with Crippen LogP contribution in [0.4, 0.5) is 0 Å². The molecule has 104 valence electrons. The Labute approximate surface area is 124 Å². The summed E-state index contributed by atoms with van der Waals surface area (Å²) in [6.07, 6.45) is 1.04. The number of hydrogen-bond acceptors (Lipinski definition) is 2. The molecule has 3 heteroatoms. The van der Waals surface area contributed by atoms with Gasteiger partial charge in [0.15, 0.2) is 0 Å². The first kappa shape index (κ1) is 16.2. The highest BCUT2D eigenvalue weighted by atomic mass is 32.1. The first-order chi connectivity index (χ1) is 8.90. The summed E-state index contributed by atoms with van der Waals surface area (Å²) in [5.41, 5.74) is 4.43. The van der Waals surface area contributed by atoms with E-state index in [0.29, 0.717) is 5.92 Å². The van der Waals surface area contributed by atoms with Crippen molar-refractivity contribution < 1.29 is 4.74 Å². The van der Waals surface area contributed by atoms with Gasteiger partial charge in [-0.1, -0.05) is 32.5 Å². The van der Waals surface area contributed by atoms with E-state index in [4.69, 9.17) is 4.74 Å². The average Bonchev–Trinajstić information content (AvgIpc) is 2.36. The molecular formula is C16H24OSSi. The van der Waals surface area contributed by atoms with E-state index in [1.54, 1.807) is 0 Å². The second kappa shape index (κ2) is 7.67. The van der Waals surface area contributed by atoms with Crippen LogP contribution in [0.25, 0.3) is 0 Å². The molecular weight excluding hydrogens is 268 g/mol. The molecule has 0 heterocycles. The summed E-state index contributed by atoms with van der Waals surface area (Å²) in [5.74, 6) is 5.68. The van der Waals surface area contributed by atoms with E-state index in [0.717, 1.165) is 30.1 Å². The summed E-state index contributed by atoms with van der Waals surface area (Å²) in [7, 11) is -1.29. The minimum Gasteiger partial charge on any atom is -0.494 e. The Hall–Kier alpha value is -0.853. The van der Waals surface area contributed by atoms with Crippen LogP contribution in [0, 0.1) is 17.4 Å². The van der Waals surface area contributed by atoms with Gasteiger partial charge in [-0.15, -0.1) is 5.54 Å². The minimum absolute atomic E-state index is 0.602. The Morgan fingerprint density at radius 1 is 1.21 bits per heavy atom. The van der Waals surface area contributed by atoms with Gasteiger partial charge in [0.1, 0.15) is 13.8 Å². The van der Waals surface area contributed by atoms with Crippen molar-refractivity contribution in [2.75, 3.05) is 12.4 Å². The van der Waals surface area contributed by atoms with Crippen LogP contribution in [-0.2, 0) is 0 Å². The van der Waals surface area contributed by atoms with Crippen molar-refractivity contribution in [3.8, 4) is 17.2 Å². The summed E-state index contributed by atoms with van der Waals surface area (Å²) in [5, 5.41) is 0. The second-order valence-electron chi connectivity index (χ2n) is 5.95. The molecule has 0 aromatic heterocycles. The third kappa shape index (κ3) is 7.34. The van der Waals surface area contributed by atoms with Crippen LogP contribution >= 0.6 is 12.6 Å². The fraction of sp³-hybridized carbons (Fsp3) is 0.500. The predicted molar refractivity (Wildman–Crippen MR) is 89.8 cm³/mol. The van der Waals surface area contributed by atoms with E-state index >= 15 is 0 Å². The maximum atomic E-state index is 5.71. The summed E-state index contributed by atoms with van der Waals surface area (Å²) < 4.78 is 5.71. The van der Waals surface area contributed by atoms with Crippen LogP contribution in [0.1, 0.15) is 18.9 Å². The Balaban J connectivity index is 2.50. The third-order valence-corrected chi connectivity index (χ3v) is 4.13. The normalized spacial score (nSPS) is 12.5. The van der Waals surface area contributed by atoms with E-state index < -0.39 is 8.07 Å². The fourth-order valence-electron chi connectivity index (χ4n) is 1.36. The maximum absolute atomic E-state index is 5.71. The van der Waals surface area contributed by atoms with Crippen LogP contribution in [-0.4, -0.2) is 20.4 Å². The van der Waals surface area contributed by atoms with Crippen molar-refractivity contribution in [2.45, 2.75) is 33.0 Å². The van der Waals surface area contributed by atoms with Crippen molar-refractivity contribution in [1.82, 2.24) is 0 Å². The van der Waals surface area contributed by atoms with Gasteiger partial charge in [0.25, 0.3) is 0 Å². The number of benzene rings is 1. The molecule has 1 aromatic rings. The first-order valence-electron chi connectivity index (χ1n) is 6.77. The van der Waals surface area contributed by atoms with Gasteiger partial charge in [0, 0.05) is 5.56 Å². The number of ether oxygens (including phenoxy) is 1. The second-order valence-corrected chi connectivity index (χ2v) is 11.1. The molecule has 0 spiro atoms. The number of thiol groups is 1. The molecule has 0 aliphatic carbocycles. The van der Waals surface area contributed by atoms with E-state index in [1.165, 1.54) is 0 Å². The summed E-state index contributed by atoms with van der Waals surface area (Å²) in [6.45, 7) is 9.69. The Morgan fingerprint density at radius 3 is 2.37 bits per heavy atom. The molecule has 1 nitrogen and oxygen atoms in total. The van der Waals surface area contributed by atoms with Gasteiger partial charge in [0.2, 0.25) is 0 Å². The largest absolute Gasteiger partial charge is 0.494 e. The van der Waals surface area contributed by atoms with Crippen molar-refractivity contribution in [2.24, 2.45) is 5.92 Å². The van der Waals surface area contributed by atoms with Gasteiger partial charge in [-0.2, -0.15) is 12.6 Å². The van der Waals surface area contributed by atoms with Gasteiger partial charge in [-0.25, -0.2) is 0 Å². The molecule has 19 heavy (non-hydrogen) atoms. The number of rotatable bonds is 5. The molecule has 0 N–H and O–H groups in total. The van der Waals surface area contributed by atoms with Gasteiger partial charge >= 0.3 is 0 Å². The summed E-state index contributed by atoms with van der Waals surface area (Å²) in [6, 6.07) is 8.06. The lowest BCUT2D eigenvalue weighted by molar-refractivity contribution is 0.291. The van der Waals surface area contributed by atoms with Crippen LogP contribution in [0.5, 0.6) is 5.75 Å². The quantitative estimate of drug-likeness (QED) is 0.485. The van der Waals surface area contributed by atoms with E-state index in [2.05, 4.69) is 50.7 Å². The monoisotopic (exact) mass is 292 g/mol. The van der Waals surface area contributed by atoms with E-state index in [9.17, 15) is 0 Å². The van der Waals surface area contributed by atoms with Gasteiger partial charge in [0.05, 0.1) is 6.61 Å². The smallest absolute Gasteiger partial charge is 0.129 e. The fourth-order valence-corrected chi connectivity index (χ4v) is 2.07. The first-order valence-corrected chi connectivity index (χ1v) is 10.9. The average molecular weight is 293 g/mol. The molecule has 0 saturated heterocycles. The Kier molecular flexibility index (Phi) is 6.54. The lowest BCUT2D eigenvalue weighted by atomic mass is 10.1. The Bertz CT molecular complexity index is 437. The minimum atomic E-state index is -1.29. The lowest BCUT2D eigenvalue weighted by Crippen LogP contribution is -2.16. The molecule has 0 aliphatic heterocycles. The molecule has 0 aliphatic rings. The van der Waals surface area contributed by atoms with Crippen molar-refractivity contribution >= 4 is 20.7 Å². The van der Waals surface area contributed by atoms with Crippen molar-refractivity contribution in [3.05, 3.63) is 29.8 Å². The zero-order chi connectivity index (χ0) is 14.3. The van der Waals surface area contributed by atoms with Crippen LogP contribution < -0.4 is 4.74 Å². The highest BCUT2D eigenvalue weighted by Gasteiger charge is 2.07. The predicted octanol–water partition coefficient (Wildman–Crippen LogP) is 4.25. The molecule has 0 amide bonds. The topological polar surface area (TPSA) is 9.23 Å². The van der Waals surface area contributed by atoms with Crippen LogP contribution in [0.2, 0.25) is 19.6 Å². The molecule has 0 bridgehead atoms. The molecule has 0 fully saturated rings. The van der Waals surface area contributed by atoms with Crippen LogP contribution in [0.15, 0.2) is 24.3 Å². The summed E-state index contributed by atoms with van der Waals surface area (Å²) >= 11 is 4.27. The zero-order valence-corrected chi connectivity index (χ0v) is 14.3. The van der Waals surface area contributed by atoms with E-state index in [1.807, 2.05) is 24.3 Å². The van der Waals surface area contributed by atoms with Gasteiger partial charge < -0.3 is 4.74 Å². The summed E-state index contributed by atoms with van der Waals surface area (Å²) in [4.78, 5) is 0. The highest BCUT2D eigenvalue weighted by Crippen LogP contribution is 2.13. The van der Waals surface area contributed by atoms with Gasteiger partial charge in [-0.3, -0.25) is 0 Å². The zero-order valence-electron chi connectivity index (χ0n) is 12.4. The van der Waals surface area contributed by atoms with Gasteiger partial charge in [-0.05, 0) is 42.4 Å².